The van der Waals surface area contributed by atoms with E-state index in [1.807, 2.05) is 0 Å². The quantitative estimate of drug-likeness (QED) is 0.130. The van der Waals surface area contributed by atoms with E-state index < -0.39 is 0 Å². The van der Waals surface area contributed by atoms with Gasteiger partial charge in [0.05, 0.1) is 0 Å². The molecule has 0 bridgehead atoms. The van der Waals surface area contributed by atoms with Crippen LogP contribution in [0.1, 0.15) is 90.9 Å². The molecule has 109 valence electrons. The van der Waals surface area contributed by atoms with Crippen molar-refractivity contribution in [3.63, 3.8) is 0 Å². The zero-order valence-electron chi connectivity index (χ0n) is 12.8. The number of unbranched alkanes of at least 4 members (excludes halogenated alkanes) is 10. The topological polar surface area (TPSA) is 0 Å². The molecule has 0 rings (SSSR count). The van der Waals surface area contributed by atoms with Crippen LogP contribution >= 0.6 is 21.8 Å². The summed E-state index contributed by atoms with van der Waals surface area (Å²) >= 11 is 2.78. The molecule has 0 spiro atoms. The minimum Gasteiger partial charge on any atom is -0.121 e. The lowest BCUT2D eigenvalue weighted by molar-refractivity contribution is 0.618. The van der Waals surface area contributed by atoms with Gasteiger partial charge in [-0.05, 0) is 12.1 Å². The van der Waals surface area contributed by atoms with Crippen LogP contribution in [0.5, 0.6) is 0 Å². The van der Waals surface area contributed by atoms with Crippen molar-refractivity contribution >= 4 is 28.1 Å². The highest BCUT2D eigenvalue weighted by atomic mass is 127. The Morgan fingerprint density at radius 2 is 0.889 bits per heavy atom. The highest BCUT2D eigenvalue weighted by molar-refractivity contribution is 14.1. The molecule has 0 saturated heterocycles. The largest absolute Gasteiger partial charge is 0.129 e. The monoisotopic (exact) mass is 381 g/mol. The Balaban J connectivity index is 3.10. The van der Waals surface area contributed by atoms with Crippen molar-refractivity contribution in [3.05, 3.63) is 0 Å². The fourth-order valence-corrected chi connectivity index (χ4v) is 6.12. The molecule has 0 nitrogen and oxygen atoms in total. The van der Waals surface area contributed by atoms with Crippen molar-refractivity contribution in [2.24, 2.45) is 0 Å². The SMILES string of the molecule is CCCCCCCC[Si](I)CCCCCCCC. The lowest BCUT2D eigenvalue weighted by atomic mass is 10.1. The van der Waals surface area contributed by atoms with Gasteiger partial charge in [-0.3, -0.25) is 0 Å². The van der Waals surface area contributed by atoms with Crippen LogP contribution in [0.4, 0.5) is 0 Å². The number of halogens is 1. The third-order valence-corrected chi connectivity index (χ3v) is 8.63. The summed E-state index contributed by atoms with van der Waals surface area (Å²) < 4.78 is 0. The van der Waals surface area contributed by atoms with Crippen molar-refractivity contribution < 1.29 is 0 Å². The second kappa shape index (κ2) is 16.0. The third-order valence-electron chi connectivity index (χ3n) is 3.60. The fourth-order valence-electron chi connectivity index (χ4n) is 2.32. The van der Waals surface area contributed by atoms with Crippen LogP contribution in [0.2, 0.25) is 12.1 Å². The smallest absolute Gasteiger partial charge is 0.121 e. The maximum atomic E-state index is 2.78. The Morgan fingerprint density at radius 1 is 0.556 bits per heavy atom. The van der Waals surface area contributed by atoms with Gasteiger partial charge in [-0.1, -0.05) is 90.9 Å². The predicted molar refractivity (Wildman–Crippen MR) is 96.1 cm³/mol. The number of rotatable bonds is 14. The average Bonchev–Trinajstić information content (AvgIpc) is 2.38. The first kappa shape index (κ1) is 18.9. The predicted octanol–water partition coefficient (Wildman–Crippen LogP) is 7.13. The molecule has 0 heterocycles. The van der Waals surface area contributed by atoms with Gasteiger partial charge < -0.3 is 0 Å². The second-order valence-corrected chi connectivity index (χ2v) is 12.2. The normalized spacial score (nSPS) is 11.3. The van der Waals surface area contributed by atoms with Crippen LogP contribution < -0.4 is 0 Å². The molecule has 0 N–H and O–H groups in total. The van der Waals surface area contributed by atoms with Crippen molar-refractivity contribution in [1.29, 1.82) is 0 Å². The minimum atomic E-state index is -0.00467. The van der Waals surface area contributed by atoms with Crippen LogP contribution in [0.25, 0.3) is 0 Å². The van der Waals surface area contributed by atoms with Gasteiger partial charge >= 0.3 is 0 Å². The average molecular weight is 381 g/mol. The van der Waals surface area contributed by atoms with Crippen LogP contribution in [0.15, 0.2) is 0 Å². The number of hydrogen-bond donors (Lipinski definition) is 0. The minimum absolute atomic E-state index is 0.00467. The van der Waals surface area contributed by atoms with E-state index in [1.54, 1.807) is 12.1 Å². The molecule has 0 aliphatic carbocycles. The molecule has 18 heavy (non-hydrogen) atoms. The molecule has 0 amide bonds. The molecule has 0 aromatic carbocycles. The van der Waals surface area contributed by atoms with E-state index in [0.29, 0.717) is 0 Å². The Bertz CT molecular complexity index is 134. The van der Waals surface area contributed by atoms with Crippen LogP contribution in [-0.4, -0.2) is 6.29 Å². The molecule has 0 aromatic heterocycles. The van der Waals surface area contributed by atoms with Gasteiger partial charge in [0, 0.05) is 0 Å². The standard InChI is InChI=1S/C16H34ISi/c1-3-5-7-9-11-13-15-18(17)16-14-12-10-8-6-4-2/h3-16H2,1-2H3. The molecule has 0 unspecified atom stereocenters. The molecule has 2 heteroatoms. The van der Waals surface area contributed by atoms with Gasteiger partial charge in [-0.2, -0.15) is 0 Å². The van der Waals surface area contributed by atoms with E-state index in [0.717, 1.165) is 0 Å². The Morgan fingerprint density at radius 3 is 1.28 bits per heavy atom. The van der Waals surface area contributed by atoms with Gasteiger partial charge in [0.15, 0.2) is 0 Å². The Kier molecular flexibility index (Phi) is 16.8. The summed E-state index contributed by atoms with van der Waals surface area (Å²) in [6.07, 6.45) is 17.5. The first-order valence-electron chi connectivity index (χ1n) is 8.31. The second-order valence-electron chi connectivity index (χ2n) is 5.55. The van der Waals surface area contributed by atoms with Crippen LogP contribution in [0, 0.1) is 0 Å². The summed E-state index contributed by atoms with van der Waals surface area (Å²) in [7, 11) is 0. The zero-order chi connectivity index (χ0) is 13.5. The lowest BCUT2D eigenvalue weighted by Gasteiger charge is -2.07. The highest BCUT2D eigenvalue weighted by Gasteiger charge is 2.06. The highest BCUT2D eigenvalue weighted by Crippen LogP contribution is 2.18. The van der Waals surface area contributed by atoms with Crippen molar-refractivity contribution in [1.82, 2.24) is 0 Å². The number of hydrogen-bond acceptors (Lipinski definition) is 0. The van der Waals surface area contributed by atoms with Crippen molar-refractivity contribution in [2.45, 2.75) is 103 Å². The van der Waals surface area contributed by atoms with Gasteiger partial charge in [0.1, 0.15) is 6.29 Å². The molecular formula is C16H34ISi. The molecule has 0 fully saturated rings. The first-order chi connectivity index (χ1) is 8.81. The third kappa shape index (κ3) is 15.0. The summed E-state index contributed by atoms with van der Waals surface area (Å²) in [4.78, 5) is 0. The Hall–Kier alpha value is 0.947. The molecular weight excluding hydrogens is 347 g/mol. The lowest BCUT2D eigenvalue weighted by Crippen LogP contribution is -2.01. The summed E-state index contributed by atoms with van der Waals surface area (Å²) in [6.45, 7) is 4.60. The summed E-state index contributed by atoms with van der Waals surface area (Å²) in [6, 6.07) is 3.12. The van der Waals surface area contributed by atoms with Crippen LogP contribution in [0.3, 0.4) is 0 Å². The van der Waals surface area contributed by atoms with E-state index in [1.165, 1.54) is 77.0 Å². The molecule has 0 saturated carbocycles. The van der Waals surface area contributed by atoms with Crippen molar-refractivity contribution in [3.8, 4) is 0 Å². The van der Waals surface area contributed by atoms with E-state index in [4.69, 9.17) is 0 Å². The maximum Gasteiger partial charge on any atom is 0.129 e. The van der Waals surface area contributed by atoms with Gasteiger partial charge in [0.2, 0.25) is 0 Å². The van der Waals surface area contributed by atoms with Gasteiger partial charge in [-0.25, -0.2) is 0 Å². The molecule has 0 aromatic rings. The first-order valence-corrected chi connectivity index (χ1v) is 13.3. The molecule has 0 aliphatic heterocycles. The van der Waals surface area contributed by atoms with E-state index >= 15 is 0 Å². The zero-order valence-corrected chi connectivity index (χ0v) is 15.9. The van der Waals surface area contributed by atoms with Gasteiger partial charge in [0.25, 0.3) is 0 Å². The Labute approximate surface area is 131 Å². The van der Waals surface area contributed by atoms with Crippen LogP contribution in [-0.2, 0) is 0 Å². The molecule has 0 atom stereocenters. The van der Waals surface area contributed by atoms with Crippen molar-refractivity contribution in [2.75, 3.05) is 0 Å². The molecule has 0 aliphatic rings. The summed E-state index contributed by atoms with van der Waals surface area (Å²) in [5.41, 5.74) is 0. The summed E-state index contributed by atoms with van der Waals surface area (Å²) in [5.74, 6) is 0. The maximum absolute atomic E-state index is 2.78. The van der Waals surface area contributed by atoms with E-state index in [-0.39, 0.29) is 6.29 Å². The van der Waals surface area contributed by atoms with Gasteiger partial charge in [-0.15, -0.1) is 21.8 Å². The fraction of sp³-hybridized carbons (Fsp3) is 1.00. The van der Waals surface area contributed by atoms with E-state index in [9.17, 15) is 0 Å². The summed E-state index contributed by atoms with van der Waals surface area (Å²) in [5, 5.41) is 0. The van der Waals surface area contributed by atoms with E-state index in [2.05, 4.69) is 35.6 Å². The molecule has 1 radical (unpaired) electrons.